The van der Waals surface area contributed by atoms with Crippen molar-refractivity contribution in [2.45, 2.75) is 25.3 Å². The molecular formula is C12H18ClNOS. The van der Waals surface area contributed by atoms with Crippen LogP contribution in [0.2, 0.25) is 0 Å². The molecule has 0 saturated heterocycles. The molecule has 90 valence electrons. The third-order valence-corrected chi connectivity index (χ3v) is 2.75. The van der Waals surface area contributed by atoms with Crippen LogP contribution in [-0.4, -0.2) is 22.6 Å². The van der Waals surface area contributed by atoms with Gasteiger partial charge in [0.25, 0.3) is 0 Å². The van der Waals surface area contributed by atoms with Crippen LogP contribution in [0.4, 0.5) is 0 Å². The fourth-order valence-corrected chi connectivity index (χ4v) is 1.66. The molecule has 3 N–H and O–H groups in total. The van der Waals surface area contributed by atoms with Gasteiger partial charge in [0, 0.05) is 10.9 Å². The van der Waals surface area contributed by atoms with Crippen molar-refractivity contribution in [1.82, 2.24) is 0 Å². The van der Waals surface area contributed by atoms with Crippen LogP contribution in [0.15, 0.2) is 30.3 Å². The van der Waals surface area contributed by atoms with Gasteiger partial charge in [0.05, 0.1) is 6.61 Å². The molecule has 0 aromatic heterocycles. The highest BCUT2D eigenvalue weighted by molar-refractivity contribution is 7.80. The van der Waals surface area contributed by atoms with E-state index in [4.69, 9.17) is 23.1 Å². The minimum absolute atomic E-state index is 0. The molecular weight excluding hydrogens is 242 g/mol. The van der Waals surface area contributed by atoms with Gasteiger partial charge >= 0.3 is 0 Å². The summed E-state index contributed by atoms with van der Waals surface area (Å²) >= 11 is 5.31. The Hall–Kier alpha value is -0.480. The lowest BCUT2D eigenvalue weighted by Crippen LogP contribution is -2.24. The lowest BCUT2D eigenvalue weighted by atomic mass is 10.0. The highest BCUT2D eigenvalue weighted by Gasteiger charge is 2.03. The fraction of sp³-hybridized carbons (Fsp3) is 0.417. The van der Waals surface area contributed by atoms with Crippen LogP contribution in [-0.2, 0) is 0 Å². The summed E-state index contributed by atoms with van der Waals surface area (Å²) in [5.74, 6) is 0. The van der Waals surface area contributed by atoms with Crippen LogP contribution in [0.1, 0.15) is 24.8 Å². The van der Waals surface area contributed by atoms with E-state index in [1.165, 1.54) is 0 Å². The summed E-state index contributed by atoms with van der Waals surface area (Å²) in [7, 11) is 0. The van der Waals surface area contributed by atoms with E-state index >= 15 is 0 Å². The van der Waals surface area contributed by atoms with E-state index < -0.39 is 0 Å². The van der Waals surface area contributed by atoms with Gasteiger partial charge in [0.15, 0.2) is 0 Å². The number of rotatable bonds is 6. The normalized spacial score (nSPS) is 11.6. The van der Waals surface area contributed by atoms with Gasteiger partial charge in [-0.3, -0.25) is 0 Å². The molecule has 0 aliphatic rings. The second-order valence-corrected chi connectivity index (χ2v) is 4.12. The maximum absolute atomic E-state index is 8.76. The summed E-state index contributed by atoms with van der Waals surface area (Å²) < 4.78 is 0. The molecule has 0 aliphatic carbocycles. The first-order chi connectivity index (χ1) is 7.24. The number of benzene rings is 1. The van der Waals surface area contributed by atoms with Gasteiger partial charge in [0.1, 0.15) is 0 Å². The molecule has 0 aliphatic heterocycles. The van der Waals surface area contributed by atoms with E-state index in [1.807, 2.05) is 30.3 Å². The van der Waals surface area contributed by atoms with Gasteiger partial charge in [-0.05, 0) is 24.8 Å². The predicted octanol–water partition coefficient (Wildman–Crippen LogP) is 2.32. The van der Waals surface area contributed by atoms with Gasteiger partial charge in [-0.2, -0.15) is 0 Å². The molecule has 0 spiro atoms. The molecule has 1 rings (SSSR count). The number of halogens is 1. The first-order valence-corrected chi connectivity index (χ1v) is 5.59. The summed E-state index contributed by atoms with van der Waals surface area (Å²) in [6.07, 6.45) is 2.63. The van der Waals surface area contributed by atoms with Crippen molar-refractivity contribution in [2.75, 3.05) is 6.61 Å². The van der Waals surface area contributed by atoms with E-state index in [0.717, 1.165) is 29.7 Å². The topological polar surface area (TPSA) is 46.2 Å². The van der Waals surface area contributed by atoms with Gasteiger partial charge in [-0.25, -0.2) is 0 Å². The largest absolute Gasteiger partial charge is 0.395 e. The molecule has 1 unspecified atom stereocenters. The molecule has 0 saturated carbocycles. The van der Waals surface area contributed by atoms with E-state index in [1.54, 1.807) is 0 Å². The van der Waals surface area contributed by atoms with Crippen LogP contribution < -0.4 is 5.73 Å². The monoisotopic (exact) mass is 259 g/mol. The highest BCUT2D eigenvalue weighted by Crippen LogP contribution is 2.08. The zero-order valence-corrected chi connectivity index (χ0v) is 10.8. The Bertz CT molecular complexity index is 305. The van der Waals surface area contributed by atoms with E-state index in [-0.39, 0.29) is 25.1 Å². The van der Waals surface area contributed by atoms with Crippen LogP contribution in [0.5, 0.6) is 0 Å². The lowest BCUT2D eigenvalue weighted by Gasteiger charge is -2.08. The van der Waals surface area contributed by atoms with Crippen molar-refractivity contribution < 1.29 is 5.11 Å². The number of hydrogen-bond acceptors (Lipinski definition) is 3. The smallest absolute Gasteiger partial charge is 0.0582 e. The summed E-state index contributed by atoms with van der Waals surface area (Å²) in [6.45, 7) is 0.0537. The van der Waals surface area contributed by atoms with Crippen molar-refractivity contribution in [3.05, 3.63) is 35.9 Å². The maximum atomic E-state index is 8.76. The maximum Gasteiger partial charge on any atom is 0.0582 e. The standard InChI is InChI=1S/C12H17NOS.ClH/c13-11(9-14)7-4-8-12(15)10-5-2-1-3-6-10;/h1-3,5-6,11,14H,4,7-9,13H2;1H. The average Bonchev–Trinajstić information content (AvgIpc) is 2.29. The number of aliphatic hydroxyl groups is 1. The van der Waals surface area contributed by atoms with E-state index in [2.05, 4.69) is 0 Å². The van der Waals surface area contributed by atoms with Gasteiger partial charge in [-0.15, -0.1) is 12.4 Å². The average molecular weight is 260 g/mol. The molecule has 1 atom stereocenters. The molecule has 4 heteroatoms. The molecule has 0 amide bonds. The van der Waals surface area contributed by atoms with Crippen molar-refractivity contribution in [3.63, 3.8) is 0 Å². The second-order valence-electron chi connectivity index (χ2n) is 3.62. The molecule has 0 fully saturated rings. The summed E-state index contributed by atoms with van der Waals surface area (Å²) in [5, 5.41) is 8.76. The third-order valence-electron chi connectivity index (χ3n) is 2.31. The third kappa shape index (κ3) is 5.56. The Kier molecular flexibility index (Phi) is 8.39. The van der Waals surface area contributed by atoms with E-state index in [0.29, 0.717) is 0 Å². The van der Waals surface area contributed by atoms with Crippen molar-refractivity contribution in [1.29, 1.82) is 0 Å². The zero-order valence-electron chi connectivity index (χ0n) is 9.13. The number of nitrogens with two attached hydrogens (primary N) is 1. The predicted molar refractivity (Wildman–Crippen MR) is 74.3 cm³/mol. The summed E-state index contributed by atoms with van der Waals surface area (Å²) in [4.78, 5) is 0.973. The summed E-state index contributed by atoms with van der Waals surface area (Å²) in [6, 6.07) is 9.89. The van der Waals surface area contributed by atoms with Crippen molar-refractivity contribution >= 4 is 29.5 Å². The molecule has 2 nitrogen and oxygen atoms in total. The summed E-state index contributed by atoms with van der Waals surface area (Å²) in [5.41, 5.74) is 6.72. The number of thiocarbonyl (C=S) groups is 1. The Labute approximate surface area is 108 Å². The molecule has 0 radical (unpaired) electrons. The Morgan fingerprint density at radius 3 is 2.50 bits per heavy atom. The first-order valence-electron chi connectivity index (χ1n) is 5.18. The second kappa shape index (κ2) is 8.65. The molecule has 0 bridgehead atoms. The number of aliphatic hydroxyl groups excluding tert-OH is 1. The fourth-order valence-electron chi connectivity index (χ4n) is 1.38. The highest BCUT2D eigenvalue weighted by atomic mass is 35.5. The van der Waals surface area contributed by atoms with Gasteiger partial charge < -0.3 is 10.8 Å². The minimum atomic E-state index is -0.108. The number of hydrogen-bond donors (Lipinski definition) is 2. The Balaban J connectivity index is 0.00000225. The molecule has 16 heavy (non-hydrogen) atoms. The minimum Gasteiger partial charge on any atom is -0.395 e. The van der Waals surface area contributed by atoms with Crippen LogP contribution in [0.3, 0.4) is 0 Å². The van der Waals surface area contributed by atoms with Crippen LogP contribution >= 0.6 is 24.6 Å². The quantitative estimate of drug-likeness (QED) is 0.609. The molecule has 0 heterocycles. The van der Waals surface area contributed by atoms with Crippen molar-refractivity contribution in [3.8, 4) is 0 Å². The van der Waals surface area contributed by atoms with Crippen LogP contribution in [0.25, 0.3) is 0 Å². The zero-order chi connectivity index (χ0) is 11.1. The SMILES string of the molecule is Cl.NC(CO)CCCC(=S)c1ccccc1. The molecule has 1 aromatic carbocycles. The lowest BCUT2D eigenvalue weighted by molar-refractivity contribution is 0.259. The Morgan fingerprint density at radius 2 is 1.94 bits per heavy atom. The Morgan fingerprint density at radius 1 is 1.31 bits per heavy atom. The molecule has 1 aromatic rings. The van der Waals surface area contributed by atoms with Crippen LogP contribution in [0, 0.1) is 0 Å². The van der Waals surface area contributed by atoms with Gasteiger partial charge in [0.2, 0.25) is 0 Å². The van der Waals surface area contributed by atoms with E-state index in [9.17, 15) is 0 Å². The van der Waals surface area contributed by atoms with Gasteiger partial charge in [-0.1, -0.05) is 42.5 Å². The first kappa shape index (κ1) is 15.5. The van der Waals surface area contributed by atoms with Crippen molar-refractivity contribution in [2.24, 2.45) is 5.73 Å².